The molecule has 0 fully saturated rings. The van der Waals surface area contributed by atoms with Crippen LogP contribution < -0.4 is 5.32 Å². The van der Waals surface area contributed by atoms with E-state index in [-0.39, 0.29) is 12.0 Å². The van der Waals surface area contributed by atoms with Crippen molar-refractivity contribution in [1.29, 1.82) is 0 Å². The molecule has 1 N–H and O–H groups in total. The highest BCUT2D eigenvalue weighted by Crippen LogP contribution is 2.21. The predicted octanol–water partition coefficient (Wildman–Crippen LogP) is 2.13. The van der Waals surface area contributed by atoms with Gasteiger partial charge >= 0.3 is 5.97 Å². The number of aryl methyl sites for hydroxylation is 1. The molecule has 1 aromatic rings. The molecule has 0 aliphatic carbocycles. The van der Waals surface area contributed by atoms with Gasteiger partial charge in [0.1, 0.15) is 6.04 Å². The Labute approximate surface area is 96.8 Å². The second kappa shape index (κ2) is 5.66. The first kappa shape index (κ1) is 12.7. The molecule has 0 heterocycles. The molecule has 16 heavy (non-hydrogen) atoms. The van der Waals surface area contributed by atoms with E-state index < -0.39 is 0 Å². The fraction of sp³-hybridized carbons (Fsp3) is 0.462. The lowest BCUT2D eigenvalue weighted by molar-refractivity contribution is -0.143. The maximum atomic E-state index is 11.7. The molecule has 1 unspecified atom stereocenters. The van der Waals surface area contributed by atoms with Crippen LogP contribution in [-0.2, 0) is 9.53 Å². The van der Waals surface area contributed by atoms with Gasteiger partial charge in [-0.05, 0) is 37.1 Å². The van der Waals surface area contributed by atoms with Gasteiger partial charge in [0.2, 0.25) is 0 Å². The standard InChI is InChI=1S/C13H19NO2/c1-5-14-12(13(15)16-4)11-8-6-7-9(2)10(11)3/h6-8,12,14H,5H2,1-4H3. The lowest BCUT2D eigenvalue weighted by Crippen LogP contribution is -2.30. The van der Waals surface area contributed by atoms with Gasteiger partial charge in [-0.25, -0.2) is 4.79 Å². The van der Waals surface area contributed by atoms with Crippen LogP contribution in [0.25, 0.3) is 0 Å². The number of likely N-dealkylation sites (N-methyl/N-ethyl adjacent to an activating group) is 1. The molecule has 88 valence electrons. The summed E-state index contributed by atoms with van der Waals surface area (Å²) in [4.78, 5) is 11.7. The van der Waals surface area contributed by atoms with Gasteiger partial charge in [0.05, 0.1) is 7.11 Å². The maximum Gasteiger partial charge on any atom is 0.327 e. The van der Waals surface area contributed by atoms with Gasteiger partial charge in [0.25, 0.3) is 0 Å². The van der Waals surface area contributed by atoms with Crippen LogP contribution in [0, 0.1) is 13.8 Å². The van der Waals surface area contributed by atoms with Crippen LogP contribution in [0.4, 0.5) is 0 Å². The summed E-state index contributed by atoms with van der Waals surface area (Å²) in [5.74, 6) is -0.240. The Morgan fingerprint density at radius 1 is 1.44 bits per heavy atom. The third-order valence-electron chi connectivity index (χ3n) is 2.80. The molecule has 0 amide bonds. The van der Waals surface area contributed by atoms with Gasteiger partial charge in [-0.2, -0.15) is 0 Å². The number of hydrogen-bond acceptors (Lipinski definition) is 3. The predicted molar refractivity (Wildman–Crippen MR) is 64.3 cm³/mol. The summed E-state index contributed by atoms with van der Waals surface area (Å²) in [5.41, 5.74) is 3.32. The lowest BCUT2D eigenvalue weighted by atomic mass is 9.97. The highest BCUT2D eigenvalue weighted by molar-refractivity contribution is 5.78. The number of carbonyl (C=O) groups is 1. The first-order chi connectivity index (χ1) is 7.61. The van der Waals surface area contributed by atoms with Crippen LogP contribution in [-0.4, -0.2) is 19.6 Å². The molecule has 0 saturated heterocycles. The molecule has 1 atom stereocenters. The minimum Gasteiger partial charge on any atom is -0.468 e. The topological polar surface area (TPSA) is 38.3 Å². The fourth-order valence-corrected chi connectivity index (χ4v) is 1.73. The Morgan fingerprint density at radius 3 is 2.69 bits per heavy atom. The number of carbonyl (C=O) groups excluding carboxylic acids is 1. The van der Waals surface area contributed by atoms with Crippen molar-refractivity contribution in [2.24, 2.45) is 0 Å². The fourth-order valence-electron chi connectivity index (χ4n) is 1.73. The number of hydrogen-bond donors (Lipinski definition) is 1. The Bertz CT molecular complexity index is 374. The normalized spacial score (nSPS) is 12.2. The van der Waals surface area contributed by atoms with Gasteiger partial charge in [-0.1, -0.05) is 25.1 Å². The van der Waals surface area contributed by atoms with Gasteiger partial charge in [0, 0.05) is 0 Å². The van der Waals surface area contributed by atoms with Crippen molar-refractivity contribution in [2.75, 3.05) is 13.7 Å². The Kier molecular flexibility index (Phi) is 4.50. The molecule has 0 aromatic heterocycles. The Hall–Kier alpha value is -1.35. The summed E-state index contributed by atoms with van der Waals surface area (Å²) in [6, 6.07) is 5.60. The van der Waals surface area contributed by atoms with E-state index in [4.69, 9.17) is 4.74 Å². The molecule has 0 saturated carbocycles. The van der Waals surface area contributed by atoms with Gasteiger partial charge in [-0.15, -0.1) is 0 Å². The van der Waals surface area contributed by atoms with Crippen LogP contribution >= 0.6 is 0 Å². The molecule has 3 nitrogen and oxygen atoms in total. The summed E-state index contributed by atoms with van der Waals surface area (Å²) in [6.07, 6.45) is 0. The zero-order valence-electron chi connectivity index (χ0n) is 10.3. The van der Waals surface area contributed by atoms with Crippen molar-refractivity contribution in [1.82, 2.24) is 5.32 Å². The van der Waals surface area contributed by atoms with Gasteiger partial charge < -0.3 is 10.1 Å². The molecular weight excluding hydrogens is 202 g/mol. The minimum absolute atomic E-state index is 0.240. The van der Waals surface area contributed by atoms with Crippen LogP contribution in [0.3, 0.4) is 0 Å². The number of rotatable bonds is 4. The zero-order chi connectivity index (χ0) is 12.1. The SMILES string of the molecule is CCNC(C(=O)OC)c1cccc(C)c1C. The van der Waals surface area contributed by atoms with Gasteiger partial charge in [-0.3, -0.25) is 0 Å². The van der Waals surface area contributed by atoms with E-state index in [1.165, 1.54) is 12.7 Å². The van der Waals surface area contributed by atoms with E-state index in [0.29, 0.717) is 0 Å². The second-order valence-corrected chi connectivity index (χ2v) is 3.80. The molecule has 0 bridgehead atoms. The molecular formula is C13H19NO2. The summed E-state index contributed by atoms with van der Waals surface area (Å²) in [5, 5.41) is 3.14. The summed E-state index contributed by atoms with van der Waals surface area (Å²) >= 11 is 0. The number of methoxy groups -OCH3 is 1. The third kappa shape index (κ3) is 2.61. The van der Waals surface area contributed by atoms with E-state index in [9.17, 15) is 4.79 Å². The van der Waals surface area contributed by atoms with Crippen LogP contribution in [0.2, 0.25) is 0 Å². The number of benzene rings is 1. The smallest absolute Gasteiger partial charge is 0.327 e. The molecule has 1 rings (SSSR count). The molecule has 3 heteroatoms. The highest BCUT2D eigenvalue weighted by Gasteiger charge is 2.21. The first-order valence-corrected chi connectivity index (χ1v) is 5.49. The van der Waals surface area contributed by atoms with Crippen molar-refractivity contribution in [3.63, 3.8) is 0 Å². The average molecular weight is 221 g/mol. The van der Waals surface area contributed by atoms with Crippen LogP contribution in [0.15, 0.2) is 18.2 Å². The first-order valence-electron chi connectivity index (χ1n) is 5.49. The molecule has 0 aliphatic heterocycles. The van der Waals surface area contributed by atoms with Crippen molar-refractivity contribution in [2.45, 2.75) is 26.8 Å². The maximum absolute atomic E-state index is 11.7. The lowest BCUT2D eigenvalue weighted by Gasteiger charge is -2.18. The summed E-state index contributed by atoms with van der Waals surface area (Å²) in [7, 11) is 1.41. The number of esters is 1. The van der Waals surface area contributed by atoms with E-state index in [1.807, 2.05) is 39.0 Å². The Morgan fingerprint density at radius 2 is 2.12 bits per heavy atom. The summed E-state index contributed by atoms with van der Waals surface area (Å²) in [6.45, 7) is 6.77. The molecule has 0 radical (unpaired) electrons. The quantitative estimate of drug-likeness (QED) is 0.791. The third-order valence-corrected chi connectivity index (χ3v) is 2.80. The molecule has 1 aromatic carbocycles. The monoisotopic (exact) mass is 221 g/mol. The number of ether oxygens (including phenoxy) is 1. The Balaban J connectivity index is 3.10. The zero-order valence-corrected chi connectivity index (χ0v) is 10.3. The van der Waals surface area contributed by atoms with E-state index in [2.05, 4.69) is 5.32 Å². The highest BCUT2D eigenvalue weighted by atomic mass is 16.5. The van der Waals surface area contributed by atoms with E-state index in [1.54, 1.807) is 0 Å². The van der Waals surface area contributed by atoms with E-state index in [0.717, 1.165) is 17.7 Å². The summed E-state index contributed by atoms with van der Waals surface area (Å²) < 4.78 is 4.81. The van der Waals surface area contributed by atoms with E-state index >= 15 is 0 Å². The average Bonchev–Trinajstić information content (AvgIpc) is 2.29. The van der Waals surface area contributed by atoms with Crippen LogP contribution in [0.1, 0.15) is 29.7 Å². The van der Waals surface area contributed by atoms with Crippen molar-refractivity contribution in [3.8, 4) is 0 Å². The van der Waals surface area contributed by atoms with Crippen molar-refractivity contribution < 1.29 is 9.53 Å². The molecule has 0 aliphatic rings. The van der Waals surface area contributed by atoms with Crippen LogP contribution in [0.5, 0.6) is 0 Å². The van der Waals surface area contributed by atoms with Crippen molar-refractivity contribution in [3.05, 3.63) is 34.9 Å². The van der Waals surface area contributed by atoms with Crippen molar-refractivity contribution >= 4 is 5.97 Å². The van der Waals surface area contributed by atoms with Gasteiger partial charge in [0.15, 0.2) is 0 Å². The second-order valence-electron chi connectivity index (χ2n) is 3.80. The molecule has 0 spiro atoms. The largest absolute Gasteiger partial charge is 0.468 e. The number of nitrogens with one attached hydrogen (secondary N) is 1. The minimum atomic E-state index is -0.366.